The van der Waals surface area contributed by atoms with E-state index in [-0.39, 0.29) is 0 Å². The number of halogens is 5. The molecule has 1 aromatic rings. The molecule has 0 unspecified atom stereocenters. The lowest BCUT2D eigenvalue weighted by atomic mass is 10.0. The van der Waals surface area contributed by atoms with Crippen LogP contribution in [0.2, 0.25) is 0 Å². The number of hydrogen-bond donors (Lipinski definition) is 0. The fourth-order valence-electron chi connectivity index (χ4n) is 1.47. The van der Waals surface area contributed by atoms with Crippen LogP contribution in [0.3, 0.4) is 0 Å². The maximum atomic E-state index is 12.9. The maximum Gasteiger partial charge on any atom is 0.419 e. The van der Waals surface area contributed by atoms with Crippen molar-refractivity contribution >= 4 is 5.97 Å². The molecule has 9 heteroatoms. The summed E-state index contributed by atoms with van der Waals surface area (Å²) in [6.07, 6.45) is -9.12. The number of carbonyl (C=O) groups excluding carboxylic acids is 1. The lowest BCUT2D eigenvalue weighted by Crippen LogP contribution is -2.18. The van der Waals surface area contributed by atoms with E-state index in [1.54, 1.807) is 0 Å². The number of alkyl halides is 5. The minimum absolute atomic E-state index is 0.355. The zero-order valence-electron chi connectivity index (χ0n) is 9.96. The van der Waals surface area contributed by atoms with Crippen molar-refractivity contribution in [3.05, 3.63) is 28.6 Å². The Morgan fingerprint density at radius 1 is 1.50 bits per heavy atom. The van der Waals surface area contributed by atoms with E-state index in [1.807, 2.05) is 0 Å². The van der Waals surface area contributed by atoms with Crippen LogP contribution in [0.5, 0.6) is 0 Å². The highest BCUT2D eigenvalue weighted by Gasteiger charge is 2.38. The number of rotatable bonds is 3. The normalized spacial score (nSPS) is 11.3. The number of methoxy groups -OCH3 is 1. The molecule has 0 N–H and O–H groups in total. The van der Waals surface area contributed by atoms with Gasteiger partial charge in [-0.3, -0.25) is 9.78 Å². The molecule has 0 atom stereocenters. The van der Waals surface area contributed by atoms with E-state index in [2.05, 4.69) is 9.72 Å². The first-order valence-corrected chi connectivity index (χ1v) is 5.06. The molecular formula is C11H7F5N2O2. The Morgan fingerprint density at radius 2 is 2.10 bits per heavy atom. The van der Waals surface area contributed by atoms with Crippen molar-refractivity contribution in [1.29, 1.82) is 5.26 Å². The molecule has 0 radical (unpaired) electrons. The number of nitriles is 1. The minimum Gasteiger partial charge on any atom is -0.469 e. The summed E-state index contributed by atoms with van der Waals surface area (Å²) in [5.74, 6) is -1.08. The number of nitrogens with zero attached hydrogens (tertiary/aromatic N) is 2. The first kappa shape index (κ1) is 15.8. The number of esters is 1. The Kier molecular flexibility index (Phi) is 4.60. The Balaban J connectivity index is 3.54. The summed E-state index contributed by atoms with van der Waals surface area (Å²) in [5, 5.41) is 8.66. The average Bonchev–Trinajstić information content (AvgIpc) is 2.35. The minimum atomic E-state index is -5.00. The van der Waals surface area contributed by atoms with Gasteiger partial charge < -0.3 is 4.74 Å². The van der Waals surface area contributed by atoms with Crippen molar-refractivity contribution in [3.8, 4) is 6.07 Å². The van der Waals surface area contributed by atoms with Crippen molar-refractivity contribution in [1.82, 2.24) is 4.98 Å². The van der Waals surface area contributed by atoms with Crippen molar-refractivity contribution in [3.63, 3.8) is 0 Å². The van der Waals surface area contributed by atoms with Gasteiger partial charge in [0.05, 0.1) is 36.4 Å². The van der Waals surface area contributed by atoms with Crippen molar-refractivity contribution in [2.24, 2.45) is 0 Å². The number of aromatic nitrogens is 1. The van der Waals surface area contributed by atoms with Gasteiger partial charge in [-0.1, -0.05) is 0 Å². The molecular weight excluding hydrogens is 287 g/mol. The first-order chi connectivity index (χ1) is 9.20. The molecule has 20 heavy (non-hydrogen) atoms. The molecule has 108 valence electrons. The van der Waals surface area contributed by atoms with Crippen molar-refractivity contribution < 1.29 is 31.5 Å². The quantitative estimate of drug-likeness (QED) is 0.635. The SMILES string of the molecule is COC(=O)Cc1nc(C(F)F)cc(C#N)c1C(F)(F)F. The van der Waals surface area contributed by atoms with Gasteiger partial charge in [0, 0.05) is 0 Å². The molecule has 0 spiro atoms. The molecule has 0 aliphatic rings. The number of carbonyl (C=O) groups is 1. The van der Waals surface area contributed by atoms with Gasteiger partial charge in [-0.15, -0.1) is 0 Å². The summed E-state index contributed by atoms with van der Waals surface area (Å²) >= 11 is 0. The lowest BCUT2D eigenvalue weighted by molar-refractivity contribution is -0.141. The molecule has 4 nitrogen and oxygen atoms in total. The van der Waals surface area contributed by atoms with Gasteiger partial charge >= 0.3 is 12.1 Å². The first-order valence-electron chi connectivity index (χ1n) is 5.06. The van der Waals surface area contributed by atoms with Gasteiger partial charge in [-0.2, -0.15) is 18.4 Å². The third kappa shape index (κ3) is 3.40. The van der Waals surface area contributed by atoms with Crippen molar-refractivity contribution in [2.75, 3.05) is 7.11 Å². The third-order valence-electron chi connectivity index (χ3n) is 2.28. The zero-order chi connectivity index (χ0) is 15.5. The monoisotopic (exact) mass is 294 g/mol. The molecule has 0 saturated carbocycles. The summed E-state index contributed by atoms with van der Waals surface area (Å²) < 4.78 is 67.8. The molecule has 0 fully saturated rings. The number of hydrogen-bond acceptors (Lipinski definition) is 4. The van der Waals surface area contributed by atoms with Crippen LogP contribution in [0, 0.1) is 11.3 Å². The molecule has 0 aromatic carbocycles. The van der Waals surface area contributed by atoms with Crippen LogP contribution >= 0.6 is 0 Å². The fraction of sp³-hybridized carbons (Fsp3) is 0.364. The highest BCUT2D eigenvalue weighted by molar-refractivity contribution is 5.72. The van der Waals surface area contributed by atoms with Gasteiger partial charge in [0.25, 0.3) is 6.43 Å². The predicted octanol–water partition coefficient (Wildman–Crippen LogP) is 2.63. The van der Waals surface area contributed by atoms with Crippen LogP contribution in [-0.4, -0.2) is 18.1 Å². The third-order valence-corrected chi connectivity index (χ3v) is 2.28. The van der Waals surface area contributed by atoms with E-state index in [0.29, 0.717) is 6.07 Å². The molecule has 1 heterocycles. The van der Waals surface area contributed by atoms with Gasteiger partial charge in [0.1, 0.15) is 5.69 Å². The lowest BCUT2D eigenvalue weighted by Gasteiger charge is -2.14. The van der Waals surface area contributed by atoms with Gasteiger partial charge in [0.15, 0.2) is 0 Å². The molecule has 0 saturated heterocycles. The Hall–Kier alpha value is -2.24. The predicted molar refractivity (Wildman–Crippen MR) is 54.6 cm³/mol. The van der Waals surface area contributed by atoms with Crippen molar-refractivity contribution in [2.45, 2.75) is 19.0 Å². The van der Waals surface area contributed by atoms with E-state index in [4.69, 9.17) is 5.26 Å². The second-order valence-electron chi connectivity index (χ2n) is 3.58. The zero-order valence-corrected chi connectivity index (χ0v) is 9.96. The Labute approximate surface area is 109 Å². The molecule has 0 aliphatic carbocycles. The summed E-state index contributed by atoms with van der Waals surface area (Å²) in [6.45, 7) is 0. The van der Waals surface area contributed by atoms with Gasteiger partial charge in [0.2, 0.25) is 0 Å². The van der Waals surface area contributed by atoms with Crippen LogP contribution in [0.1, 0.15) is 28.9 Å². The highest BCUT2D eigenvalue weighted by atomic mass is 19.4. The van der Waals surface area contributed by atoms with Crippen LogP contribution < -0.4 is 0 Å². The number of ether oxygens (including phenoxy) is 1. The van der Waals surface area contributed by atoms with E-state index in [9.17, 15) is 26.7 Å². The molecule has 0 amide bonds. The summed E-state index contributed by atoms with van der Waals surface area (Å²) in [7, 11) is 0.928. The molecule has 0 bridgehead atoms. The smallest absolute Gasteiger partial charge is 0.419 e. The standard InChI is InChI=1S/C11H7F5N2O2/c1-20-8(19)3-6-9(11(14,15)16)5(4-17)2-7(18-6)10(12)13/h2,10H,3H2,1H3. The van der Waals surface area contributed by atoms with Gasteiger partial charge in [-0.05, 0) is 6.07 Å². The highest BCUT2D eigenvalue weighted by Crippen LogP contribution is 2.35. The summed E-state index contributed by atoms with van der Waals surface area (Å²) in [6, 6.07) is 1.54. The second kappa shape index (κ2) is 5.81. The summed E-state index contributed by atoms with van der Waals surface area (Å²) in [5.41, 5.74) is -4.48. The maximum absolute atomic E-state index is 12.9. The average molecular weight is 294 g/mol. The van der Waals surface area contributed by atoms with E-state index in [0.717, 1.165) is 7.11 Å². The Morgan fingerprint density at radius 3 is 2.50 bits per heavy atom. The van der Waals surface area contributed by atoms with Crippen LogP contribution in [0.15, 0.2) is 6.07 Å². The van der Waals surface area contributed by atoms with E-state index < -0.39 is 47.5 Å². The molecule has 0 aliphatic heterocycles. The topological polar surface area (TPSA) is 63.0 Å². The molecule has 1 aromatic heterocycles. The Bertz CT molecular complexity index is 563. The second-order valence-corrected chi connectivity index (χ2v) is 3.58. The number of pyridine rings is 1. The van der Waals surface area contributed by atoms with E-state index in [1.165, 1.54) is 6.07 Å². The van der Waals surface area contributed by atoms with Gasteiger partial charge in [-0.25, -0.2) is 8.78 Å². The van der Waals surface area contributed by atoms with Crippen LogP contribution in [0.4, 0.5) is 22.0 Å². The van der Waals surface area contributed by atoms with Crippen LogP contribution in [-0.2, 0) is 22.1 Å². The summed E-state index contributed by atoms with van der Waals surface area (Å²) in [4.78, 5) is 14.2. The van der Waals surface area contributed by atoms with Crippen LogP contribution in [0.25, 0.3) is 0 Å². The largest absolute Gasteiger partial charge is 0.469 e. The molecule has 1 rings (SSSR count). The van der Waals surface area contributed by atoms with E-state index >= 15 is 0 Å². The fourth-order valence-corrected chi connectivity index (χ4v) is 1.47.